The molecule has 2 aromatic carbocycles. The molecular weight excluding hydrogens is 514 g/mol. The van der Waals surface area contributed by atoms with E-state index in [9.17, 15) is 9.59 Å². The number of aromatic nitrogens is 1. The van der Waals surface area contributed by atoms with Crippen molar-refractivity contribution in [2.45, 2.75) is 33.4 Å². The van der Waals surface area contributed by atoms with E-state index < -0.39 is 5.97 Å². The van der Waals surface area contributed by atoms with Gasteiger partial charge in [-0.15, -0.1) is 0 Å². The molecule has 7 nitrogen and oxygen atoms in total. The van der Waals surface area contributed by atoms with Gasteiger partial charge in [-0.3, -0.25) is 4.79 Å². The molecule has 0 aliphatic carbocycles. The van der Waals surface area contributed by atoms with Crippen molar-refractivity contribution in [2.24, 2.45) is 0 Å². The fourth-order valence-corrected chi connectivity index (χ4v) is 4.74. The second-order valence-corrected chi connectivity index (χ2v) is 9.50. The number of ketones is 1. The zero-order valence-electron chi connectivity index (χ0n) is 19.6. The Labute approximate surface area is 210 Å². The quantitative estimate of drug-likeness (QED) is 0.228. The fraction of sp³-hybridized carbons (Fsp3) is 0.259. The molecule has 0 N–H and O–H groups in total. The molecule has 1 atom stereocenters. The molecule has 8 heteroatoms. The number of hydrogen-bond acceptors (Lipinski definition) is 6. The van der Waals surface area contributed by atoms with Crippen LogP contribution in [0.25, 0.3) is 11.0 Å². The minimum atomic E-state index is -0.664. The van der Waals surface area contributed by atoms with E-state index in [1.54, 1.807) is 13.0 Å². The minimum absolute atomic E-state index is 0.103. The number of Topliss-reactive ketones (excluding diaryl/α,β-unsaturated/α-hetero) is 1. The summed E-state index contributed by atoms with van der Waals surface area (Å²) in [6, 6.07) is 14.9. The first-order chi connectivity index (χ1) is 16.8. The highest BCUT2D eigenvalue weighted by Crippen LogP contribution is 2.32. The standard InChI is InChI=1S/C27H24BrNO6/c1-15-10-21(17(3)29(15)12-19-13-32-24-6-4-5-7-25(24)34-19)22(30)14-33-27(31)26-16(2)20-11-18(28)8-9-23(20)35-26/h4-11,19H,12-14H2,1-3H3. The predicted octanol–water partition coefficient (Wildman–Crippen LogP) is 5.80. The third-order valence-corrected chi connectivity index (χ3v) is 6.74. The van der Waals surface area contributed by atoms with E-state index in [0.717, 1.165) is 27.0 Å². The lowest BCUT2D eigenvalue weighted by Gasteiger charge is -2.27. The maximum atomic E-state index is 12.9. The average molecular weight is 538 g/mol. The normalized spacial score (nSPS) is 14.8. The van der Waals surface area contributed by atoms with Gasteiger partial charge in [-0.05, 0) is 57.2 Å². The Bertz CT molecular complexity index is 1450. The van der Waals surface area contributed by atoms with E-state index in [1.165, 1.54) is 0 Å². The molecule has 180 valence electrons. The van der Waals surface area contributed by atoms with E-state index in [4.69, 9.17) is 18.6 Å². The monoisotopic (exact) mass is 537 g/mol. The van der Waals surface area contributed by atoms with Crippen LogP contribution in [0.2, 0.25) is 0 Å². The summed E-state index contributed by atoms with van der Waals surface area (Å²) in [5.41, 5.74) is 3.48. The fourth-order valence-electron chi connectivity index (χ4n) is 4.38. The zero-order chi connectivity index (χ0) is 24.7. The Balaban J connectivity index is 1.26. The smallest absolute Gasteiger partial charge is 0.375 e. The summed E-state index contributed by atoms with van der Waals surface area (Å²) in [5.74, 6) is 0.604. The molecule has 35 heavy (non-hydrogen) atoms. The molecule has 1 aliphatic heterocycles. The number of aryl methyl sites for hydroxylation is 2. The van der Waals surface area contributed by atoms with Crippen molar-refractivity contribution in [3.8, 4) is 11.5 Å². The van der Waals surface area contributed by atoms with E-state index in [1.807, 2.05) is 60.9 Å². The van der Waals surface area contributed by atoms with Gasteiger partial charge in [0.1, 0.15) is 12.2 Å². The highest BCUT2D eigenvalue weighted by molar-refractivity contribution is 9.10. The van der Waals surface area contributed by atoms with Crippen molar-refractivity contribution in [3.63, 3.8) is 0 Å². The number of nitrogens with zero attached hydrogens (tertiary/aromatic N) is 1. The van der Waals surface area contributed by atoms with Gasteiger partial charge in [-0.25, -0.2) is 4.79 Å². The van der Waals surface area contributed by atoms with E-state index in [-0.39, 0.29) is 24.3 Å². The van der Waals surface area contributed by atoms with Gasteiger partial charge in [0.2, 0.25) is 11.5 Å². The number of carbonyl (C=O) groups is 2. The molecule has 0 amide bonds. The maximum Gasteiger partial charge on any atom is 0.375 e. The number of carbonyl (C=O) groups excluding carboxylic acids is 2. The van der Waals surface area contributed by atoms with Crippen LogP contribution in [0.3, 0.4) is 0 Å². The zero-order valence-corrected chi connectivity index (χ0v) is 21.2. The van der Waals surface area contributed by atoms with Crippen LogP contribution in [0.4, 0.5) is 0 Å². The van der Waals surface area contributed by atoms with Gasteiger partial charge < -0.3 is 23.2 Å². The number of esters is 1. The van der Waals surface area contributed by atoms with Crippen LogP contribution in [-0.4, -0.2) is 35.6 Å². The van der Waals surface area contributed by atoms with Crippen LogP contribution >= 0.6 is 15.9 Å². The molecule has 1 unspecified atom stereocenters. The molecule has 0 spiro atoms. The van der Waals surface area contributed by atoms with Crippen molar-refractivity contribution in [1.82, 2.24) is 4.57 Å². The number of halogens is 1. The van der Waals surface area contributed by atoms with Crippen LogP contribution in [0.5, 0.6) is 11.5 Å². The second-order valence-electron chi connectivity index (χ2n) is 8.59. The Kier molecular flexibility index (Phi) is 6.15. The first-order valence-corrected chi connectivity index (χ1v) is 12.1. The molecule has 0 bridgehead atoms. The molecule has 4 aromatic rings. The van der Waals surface area contributed by atoms with Crippen molar-refractivity contribution < 1.29 is 28.2 Å². The molecule has 0 saturated carbocycles. The average Bonchev–Trinajstić information content (AvgIpc) is 3.33. The van der Waals surface area contributed by atoms with Crippen molar-refractivity contribution in [1.29, 1.82) is 0 Å². The molecule has 0 radical (unpaired) electrons. The highest BCUT2D eigenvalue weighted by Gasteiger charge is 2.25. The number of furan rings is 1. The largest absolute Gasteiger partial charge is 0.486 e. The van der Waals surface area contributed by atoms with Crippen LogP contribution in [0, 0.1) is 20.8 Å². The lowest BCUT2D eigenvalue weighted by atomic mass is 10.1. The highest BCUT2D eigenvalue weighted by atomic mass is 79.9. The topological polar surface area (TPSA) is 79.9 Å². The first kappa shape index (κ1) is 23.2. The number of rotatable bonds is 6. The molecule has 1 aliphatic rings. The van der Waals surface area contributed by atoms with E-state index in [2.05, 4.69) is 15.9 Å². The maximum absolute atomic E-state index is 12.9. The van der Waals surface area contributed by atoms with Gasteiger partial charge in [-0.2, -0.15) is 0 Å². The van der Waals surface area contributed by atoms with Crippen molar-refractivity contribution in [2.75, 3.05) is 13.2 Å². The predicted molar refractivity (Wildman–Crippen MR) is 134 cm³/mol. The number of benzene rings is 2. The summed E-state index contributed by atoms with van der Waals surface area (Å²) < 4.78 is 25.8. The van der Waals surface area contributed by atoms with E-state index >= 15 is 0 Å². The number of ether oxygens (including phenoxy) is 3. The molecule has 0 saturated heterocycles. The van der Waals surface area contributed by atoms with Crippen LogP contribution in [0.15, 0.2) is 57.4 Å². The SMILES string of the molecule is Cc1c(C(=O)OCC(=O)c2cc(C)n(CC3COc4ccccc4O3)c2C)oc2ccc(Br)cc12. The van der Waals surface area contributed by atoms with Gasteiger partial charge in [-0.1, -0.05) is 28.1 Å². The first-order valence-electron chi connectivity index (χ1n) is 11.3. The Morgan fingerprint density at radius 3 is 2.66 bits per heavy atom. The molecule has 2 aromatic heterocycles. The summed E-state index contributed by atoms with van der Waals surface area (Å²) in [4.78, 5) is 25.6. The minimum Gasteiger partial charge on any atom is -0.486 e. The van der Waals surface area contributed by atoms with Crippen molar-refractivity contribution >= 4 is 38.7 Å². The molecule has 3 heterocycles. The van der Waals surface area contributed by atoms with Gasteiger partial charge >= 0.3 is 5.97 Å². The summed E-state index contributed by atoms with van der Waals surface area (Å²) in [6.45, 7) is 6.18. The van der Waals surface area contributed by atoms with E-state index in [0.29, 0.717) is 35.6 Å². The number of hydrogen-bond donors (Lipinski definition) is 0. The number of fused-ring (bicyclic) bond motifs is 2. The summed E-state index contributed by atoms with van der Waals surface area (Å²) in [6.07, 6.45) is -0.188. The van der Waals surface area contributed by atoms with Crippen LogP contribution in [-0.2, 0) is 11.3 Å². The van der Waals surface area contributed by atoms with Gasteiger partial charge in [0.25, 0.3) is 0 Å². The molecule has 5 rings (SSSR count). The summed E-state index contributed by atoms with van der Waals surface area (Å²) in [7, 11) is 0. The molecular formula is C27H24BrNO6. The van der Waals surface area contributed by atoms with Crippen molar-refractivity contribution in [3.05, 3.63) is 81.3 Å². The Hall–Kier alpha value is -3.52. The van der Waals surface area contributed by atoms with Gasteiger partial charge in [0.05, 0.1) is 6.54 Å². The third kappa shape index (κ3) is 4.46. The summed E-state index contributed by atoms with van der Waals surface area (Å²) in [5, 5.41) is 0.817. The third-order valence-electron chi connectivity index (χ3n) is 6.25. The lowest BCUT2D eigenvalue weighted by Crippen LogP contribution is -2.33. The number of para-hydroxylation sites is 2. The Morgan fingerprint density at radius 1 is 1.09 bits per heavy atom. The van der Waals surface area contributed by atoms with Crippen LogP contribution in [0.1, 0.15) is 37.9 Å². The Morgan fingerprint density at radius 2 is 1.86 bits per heavy atom. The van der Waals surface area contributed by atoms with Gasteiger partial charge in [0.15, 0.2) is 24.2 Å². The lowest BCUT2D eigenvalue weighted by molar-refractivity contribution is 0.0445. The van der Waals surface area contributed by atoms with Crippen LogP contribution < -0.4 is 9.47 Å². The molecule has 0 fully saturated rings. The second kappa shape index (κ2) is 9.26. The summed E-state index contributed by atoms with van der Waals surface area (Å²) >= 11 is 3.42. The van der Waals surface area contributed by atoms with Gasteiger partial charge in [0, 0.05) is 32.4 Å².